The summed E-state index contributed by atoms with van der Waals surface area (Å²) in [6.07, 6.45) is 2.30. The van der Waals surface area contributed by atoms with Crippen LogP contribution < -0.4 is 4.74 Å². The lowest BCUT2D eigenvalue weighted by Crippen LogP contribution is -2.20. The first kappa shape index (κ1) is 29.4. The lowest BCUT2D eigenvalue weighted by molar-refractivity contribution is 0.0697. The van der Waals surface area contributed by atoms with Crippen LogP contribution in [0.4, 0.5) is 0 Å². The molecular weight excluding hydrogens is 603 g/mol. The van der Waals surface area contributed by atoms with Gasteiger partial charge in [0.2, 0.25) is 0 Å². The molecule has 0 spiro atoms. The molecule has 0 atom stereocenters. The van der Waals surface area contributed by atoms with Crippen LogP contribution in [0, 0.1) is 11.3 Å². The maximum absolute atomic E-state index is 11.4. The Kier molecular flexibility index (Phi) is 8.35. The van der Waals surface area contributed by atoms with Crippen LogP contribution in [-0.4, -0.2) is 33.5 Å². The van der Waals surface area contributed by atoms with Gasteiger partial charge < -0.3 is 14.9 Å². The molecular formula is C31H27Cl3N2O4S. The van der Waals surface area contributed by atoms with E-state index in [1.807, 2.05) is 12.1 Å². The van der Waals surface area contributed by atoms with E-state index in [0.29, 0.717) is 38.4 Å². The number of hydrogen-bond donors (Lipinski definition) is 3. The molecule has 0 saturated heterocycles. The van der Waals surface area contributed by atoms with Crippen molar-refractivity contribution in [2.45, 2.75) is 38.5 Å². The molecule has 1 aliphatic carbocycles. The number of rotatable bonds is 10. The summed E-state index contributed by atoms with van der Waals surface area (Å²) in [5.41, 5.74) is 2.26. The number of fused-ring (bicyclic) bond motifs is 1. The second-order valence-electron chi connectivity index (χ2n) is 10.7. The Morgan fingerprint density at radius 3 is 2.39 bits per heavy atom. The van der Waals surface area contributed by atoms with Gasteiger partial charge in [0.25, 0.3) is 0 Å². The molecule has 1 aliphatic rings. The van der Waals surface area contributed by atoms with Gasteiger partial charge in [0.15, 0.2) is 0 Å². The molecule has 1 fully saturated rings. The number of carboxylic acids is 1. The van der Waals surface area contributed by atoms with Crippen LogP contribution in [0.3, 0.4) is 0 Å². The summed E-state index contributed by atoms with van der Waals surface area (Å²) < 4.78 is 6.85. The molecule has 0 bridgehead atoms. The molecule has 1 aromatic heterocycles. The van der Waals surface area contributed by atoms with Gasteiger partial charge in [-0.25, -0.2) is 9.78 Å². The molecule has 0 aliphatic heterocycles. The summed E-state index contributed by atoms with van der Waals surface area (Å²) in [7, 11) is 0. The van der Waals surface area contributed by atoms with Crippen LogP contribution in [0.2, 0.25) is 15.1 Å². The molecule has 0 radical (unpaired) electrons. The third-order valence-electron chi connectivity index (χ3n) is 7.04. The number of nitrogens with zero attached hydrogens (tertiary/aromatic N) is 1. The van der Waals surface area contributed by atoms with E-state index in [0.717, 1.165) is 33.6 Å². The average Bonchev–Trinajstić information content (AvgIpc) is 3.67. The van der Waals surface area contributed by atoms with Crippen molar-refractivity contribution in [2.24, 2.45) is 5.92 Å². The Morgan fingerprint density at radius 1 is 1.05 bits per heavy atom. The van der Waals surface area contributed by atoms with Crippen molar-refractivity contribution in [1.82, 2.24) is 4.98 Å². The average molecular weight is 630 g/mol. The number of ether oxygens (including phenoxy) is 1. The highest BCUT2D eigenvalue weighted by Crippen LogP contribution is 2.39. The van der Waals surface area contributed by atoms with Gasteiger partial charge in [0.1, 0.15) is 18.1 Å². The number of aromatic carboxylic acids is 1. The van der Waals surface area contributed by atoms with Crippen LogP contribution in [-0.2, 0) is 11.8 Å². The van der Waals surface area contributed by atoms with Crippen LogP contribution >= 0.6 is 46.1 Å². The second-order valence-corrected chi connectivity index (χ2v) is 13.0. The van der Waals surface area contributed by atoms with Crippen LogP contribution in [0.15, 0.2) is 65.9 Å². The first-order chi connectivity index (χ1) is 19.4. The number of thiazole rings is 1. The maximum atomic E-state index is 11.4. The summed E-state index contributed by atoms with van der Waals surface area (Å²) in [5.74, 6) is -0.342. The van der Waals surface area contributed by atoms with E-state index in [9.17, 15) is 15.0 Å². The fourth-order valence-corrected chi connectivity index (χ4v) is 6.51. The molecule has 212 valence electrons. The summed E-state index contributed by atoms with van der Waals surface area (Å²) in [6.45, 7) is 4.10. The number of aliphatic hydroxyl groups excluding tert-OH is 1. The molecule has 3 N–H and O–H groups in total. The van der Waals surface area contributed by atoms with Gasteiger partial charge in [-0.2, -0.15) is 0 Å². The second kappa shape index (κ2) is 11.6. The fraction of sp³-hybridized carbons (Fsp3) is 0.258. The first-order valence-corrected chi connectivity index (χ1v) is 14.9. The number of carboxylic acid groups (broad SMARTS) is 1. The minimum absolute atomic E-state index is 0.00151. The van der Waals surface area contributed by atoms with Gasteiger partial charge in [-0.15, -0.1) is 11.3 Å². The smallest absolute Gasteiger partial charge is 0.335 e. The summed E-state index contributed by atoms with van der Waals surface area (Å²) in [4.78, 5) is 16.1. The van der Waals surface area contributed by atoms with E-state index in [2.05, 4.69) is 13.8 Å². The number of carbonyl (C=O) groups is 1. The van der Waals surface area contributed by atoms with Crippen LogP contribution in [0.1, 0.15) is 53.2 Å². The number of halogens is 3. The zero-order valence-corrected chi connectivity index (χ0v) is 25.4. The molecule has 10 heteroatoms. The number of hydrogen-bond acceptors (Lipinski definition) is 6. The predicted molar refractivity (Wildman–Crippen MR) is 166 cm³/mol. The van der Waals surface area contributed by atoms with Crippen molar-refractivity contribution in [2.75, 3.05) is 6.61 Å². The van der Waals surface area contributed by atoms with Crippen molar-refractivity contribution in [3.8, 4) is 5.75 Å². The molecule has 4 aromatic rings. The first-order valence-electron chi connectivity index (χ1n) is 13.0. The van der Waals surface area contributed by atoms with Crippen LogP contribution in [0.25, 0.3) is 10.2 Å². The normalized spacial score (nSPS) is 14.2. The van der Waals surface area contributed by atoms with E-state index < -0.39 is 5.97 Å². The molecule has 0 unspecified atom stereocenters. The summed E-state index contributed by atoms with van der Waals surface area (Å²) >= 11 is 20.9. The molecule has 41 heavy (non-hydrogen) atoms. The highest BCUT2D eigenvalue weighted by Gasteiger charge is 2.31. The van der Waals surface area contributed by atoms with E-state index >= 15 is 0 Å². The molecule has 0 amide bonds. The predicted octanol–water partition coefficient (Wildman–Crippen LogP) is 9.14. The number of allylic oxidation sites excluding steroid dienone is 1. The van der Waals surface area contributed by atoms with Gasteiger partial charge in [-0.3, -0.25) is 5.41 Å². The standard InChI is InChI=1S/C31H27Cl3N2O4S/c1-31(2,30-36-24-11-9-17(29(38)39)12-25(24)41-30)14-18-8-10-19(13-23(18)34)40-15-20(28(37)16-6-7-16)27(35)26-21(32)4-3-5-22(26)33/h3-5,8-13,16,35,37H,6-7,14-15H2,1-2H3,(H,38,39)/b28-20-,35-27?. The van der Waals surface area contributed by atoms with Crippen molar-refractivity contribution >= 4 is 68.0 Å². The van der Waals surface area contributed by atoms with Gasteiger partial charge >= 0.3 is 5.97 Å². The monoisotopic (exact) mass is 628 g/mol. The van der Waals surface area contributed by atoms with E-state index in [1.165, 1.54) is 11.3 Å². The quantitative estimate of drug-likeness (QED) is 0.120. The molecule has 6 nitrogen and oxygen atoms in total. The SMILES string of the molecule is CC(C)(Cc1ccc(OC/C(C(=N)c2c(Cl)cccc2Cl)=C(/O)C2CC2)cc1Cl)c1nc2ccc(C(=O)O)cc2s1. The summed E-state index contributed by atoms with van der Waals surface area (Å²) in [6, 6.07) is 15.4. The van der Waals surface area contributed by atoms with E-state index in [1.54, 1.807) is 42.5 Å². The van der Waals surface area contributed by atoms with E-state index in [4.69, 9.17) is 49.9 Å². The number of nitrogens with one attached hydrogen (secondary N) is 1. The highest BCUT2D eigenvalue weighted by molar-refractivity contribution is 7.18. The van der Waals surface area contributed by atoms with E-state index in [-0.39, 0.29) is 35.0 Å². The van der Waals surface area contributed by atoms with Crippen molar-refractivity contribution in [3.05, 3.63) is 103 Å². The number of aliphatic hydroxyl groups is 1. The highest BCUT2D eigenvalue weighted by atomic mass is 35.5. The van der Waals surface area contributed by atoms with Gasteiger partial charge in [0.05, 0.1) is 42.1 Å². The van der Waals surface area contributed by atoms with Crippen molar-refractivity contribution in [3.63, 3.8) is 0 Å². The van der Waals surface area contributed by atoms with Crippen LogP contribution in [0.5, 0.6) is 5.75 Å². The minimum atomic E-state index is -0.968. The number of benzene rings is 3. The zero-order chi connectivity index (χ0) is 29.5. The molecule has 1 heterocycles. The maximum Gasteiger partial charge on any atom is 0.335 e. The van der Waals surface area contributed by atoms with Gasteiger partial charge in [0, 0.05) is 21.9 Å². The Labute approximate surface area is 256 Å². The van der Waals surface area contributed by atoms with Gasteiger partial charge in [-0.05, 0) is 67.3 Å². The fourth-order valence-electron chi connectivity index (χ4n) is 4.58. The third-order valence-corrected chi connectivity index (χ3v) is 9.41. The van der Waals surface area contributed by atoms with Crippen molar-refractivity contribution in [1.29, 1.82) is 5.41 Å². The zero-order valence-electron chi connectivity index (χ0n) is 22.3. The lowest BCUT2D eigenvalue weighted by Gasteiger charge is -2.23. The molecule has 5 rings (SSSR count). The minimum Gasteiger partial charge on any atom is -0.512 e. The Hall–Kier alpha value is -3.10. The van der Waals surface area contributed by atoms with Crippen molar-refractivity contribution < 1.29 is 19.7 Å². The summed E-state index contributed by atoms with van der Waals surface area (Å²) in [5, 5.41) is 31.0. The number of aromatic nitrogens is 1. The van der Waals surface area contributed by atoms with Gasteiger partial charge in [-0.1, -0.05) is 60.8 Å². The Balaban J connectivity index is 1.33. The Morgan fingerprint density at radius 2 is 1.76 bits per heavy atom. The largest absolute Gasteiger partial charge is 0.512 e. The molecule has 3 aromatic carbocycles. The Bertz CT molecular complexity index is 1690. The topological polar surface area (TPSA) is 104 Å². The lowest BCUT2D eigenvalue weighted by atomic mass is 9.86. The third kappa shape index (κ3) is 6.38. The molecule has 1 saturated carbocycles.